The van der Waals surface area contributed by atoms with E-state index in [1.165, 1.54) is 23.8 Å². The van der Waals surface area contributed by atoms with Crippen molar-refractivity contribution in [2.45, 2.75) is 77.2 Å². The molecule has 1 saturated heterocycles. The fraction of sp³-hybridized carbons (Fsp3) is 0.484. The molecular formula is C31H35FN4O2. The second-order valence-electron chi connectivity index (χ2n) is 11.7. The van der Waals surface area contributed by atoms with E-state index in [0.29, 0.717) is 11.5 Å². The molecule has 6 nitrogen and oxygen atoms in total. The number of benzene rings is 1. The maximum absolute atomic E-state index is 13.8. The maximum Gasteiger partial charge on any atom is 0.226 e. The van der Waals surface area contributed by atoms with Crippen LogP contribution in [0.15, 0.2) is 30.6 Å². The minimum Gasteiger partial charge on any atom is -0.337 e. The summed E-state index contributed by atoms with van der Waals surface area (Å²) in [5.41, 5.74) is 3.89. The lowest BCUT2D eigenvalue weighted by atomic mass is 9.78. The van der Waals surface area contributed by atoms with E-state index >= 15 is 0 Å². The highest BCUT2D eigenvalue weighted by atomic mass is 19.1. The van der Waals surface area contributed by atoms with E-state index < -0.39 is 5.82 Å². The van der Waals surface area contributed by atoms with Crippen LogP contribution in [0.5, 0.6) is 0 Å². The number of piperidine rings is 1. The zero-order chi connectivity index (χ0) is 27.2. The average molecular weight is 515 g/mol. The minimum absolute atomic E-state index is 0.124. The molecule has 1 aliphatic carbocycles. The molecule has 1 saturated carbocycles. The molecule has 5 rings (SSSR count). The van der Waals surface area contributed by atoms with Gasteiger partial charge in [0.1, 0.15) is 17.5 Å². The fourth-order valence-corrected chi connectivity index (χ4v) is 6.59. The third-order valence-corrected chi connectivity index (χ3v) is 8.73. The van der Waals surface area contributed by atoms with Crippen molar-refractivity contribution in [1.29, 1.82) is 5.26 Å². The van der Waals surface area contributed by atoms with Gasteiger partial charge in [0.2, 0.25) is 5.91 Å². The third-order valence-electron chi connectivity index (χ3n) is 8.73. The highest BCUT2D eigenvalue weighted by Crippen LogP contribution is 2.43. The van der Waals surface area contributed by atoms with Crippen molar-refractivity contribution >= 4 is 22.7 Å². The molecule has 1 aromatic carbocycles. The van der Waals surface area contributed by atoms with E-state index in [1.807, 2.05) is 18.5 Å². The van der Waals surface area contributed by atoms with Gasteiger partial charge in [0.05, 0.1) is 5.56 Å². The summed E-state index contributed by atoms with van der Waals surface area (Å²) in [6.45, 7) is 7.15. The van der Waals surface area contributed by atoms with Crippen molar-refractivity contribution in [3.63, 3.8) is 0 Å². The Morgan fingerprint density at radius 3 is 2.63 bits per heavy atom. The number of rotatable bonds is 5. The van der Waals surface area contributed by atoms with E-state index in [1.54, 1.807) is 12.3 Å². The lowest BCUT2D eigenvalue weighted by Gasteiger charge is -2.46. The number of carbonyl (C=O) groups is 2. The van der Waals surface area contributed by atoms with Crippen LogP contribution >= 0.6 is 0 Å². The molecule has 7 heteroatoms. The van der Waals surface area contributed by atoms with Crippen molar-refractivity contribution in [2.24, 2.45) is 13.0 Å². The predicted octanol–water partition coefficient (Wildman–Crippen LogP) is 5.99. The number of hydrogen-bond donors (Lipinski definition) is 0. The number of halogens is 1. The first kappa shape index (κ1) is 26.1. The van der Waals surface area contributed by atoms with Crippen LogP contribution in [0.1, 0.15) is 90.9 Å². The van der Waals surface area contributed by atoms with Crippen LogP contribution in [0, 0.1) is 30.0 Å². The summed E-state index contributed by atoms with van der Waals surface area (Å²) >= 11 is 0. The second-order valence-corrected chi connectivity index (χ2v) is 11.7. The molecule has 3 aromatic rings. The Balaban J connectivity index is 1.43. The first-order valence-corrected chi connectivity index (χ1v) is 13.6. The molecule has 38 heavy (non-hydrogen) atoms. The van der Waals surface area contributed by atoms with Gasteiger partial charge in [-0.25, -0.2) is 9.37 Å². The van der Waals surface area contributed by atoms with Crippen LogP contribution in [0.25, 0.3) is 11.0 Å². The Labute approximate surface area is 223 Å². The van der Waals surface area contributed by atoms with Crippen LogP contribution < -0.4 is 0 Å². The molecule has 0 spiro atoms. The van der Waals surface area contributed by atoms with Gasteiger partial charge in [-0.1, -0.05) is 12.8 Å². The molecular weight excluding hydrogens is 479 g/mol. The largest absolute Gasteiger partial charge is 0.337 e. The molecule has 3 heterocycles. The molecule has 198 valence electrons. The summed E-state index contributed by atoms with van der Waals surface area (Å²) in [5.74, 6) is -0.0227. The minimum atomic E-state index is -0.629. The van der Waals surface area contributed by atoms with E-state index in [9.17, 15) is 14.0 Å². The summed E-state index contributed by atoms with van der Waals surface area (Å²) in [6, 6.07) is 5.71. The van der Waals surface area contributed by atoms with E-state index in [2.05, 4.69) is 24.9 Å². The van der Waals surface area contributed by atoms with E-state index in [0.717, 1.165) is 67.2 Å². The van der Waals surface area contributed by atoms with Gasteiger partial charge in [0.25, 0.3) is 0 Å². The standard InChI is InChI=1S/C31H35FN4O2/c1-19-24(14-27(37)21-9-10-26(32)23(13-21)16-33)17-34-29-28(19)25(18-35(29)4)22-11-12-36(31(2,3)15-22)30(38)20-7-5-6-8-20/h9-10,13,17-18,20,22H,5-8,11-12,14-15H2,1-4H3/t22-/m1/s1. The first-order chi connectivity index (χ1) is 18.1. The van der Waals surface area contributed by atoms with Crippen LogP contribution in [0.2, 0.25) is 0 Å². The number of nitrogens with zero attached hydrogens (tertiary/aromatic N) is 4. The number of Topliss-reactive ketones (excluding diaryl/α,β-unsaturated/α-hetero) is 1. The highest BCUT2D eigenvalue weighted by molar-refractivity contribution is 5.98. The van der Waals surface area contributed by atoms with Crippen molar-refractivity contribution in [2.75, 3.05) is 6.54 Å². The molecule has 2 aliphatic rings. The Morgan fingerprint density at radius 1 is 1.21 bits per heavy atom. The summed E-state index contributed by atoms with van der Waals surface area (Å²) < 4.78 is 15.8. The monoisotopic (exact) mass is 514 g/mol. The number of aryl methyl sites for hydroxylation is 2. The van der Waals surface area contributed by atoms with Gasteiger partial charge in [-0.3, -0.25) is 9.59 Å². The molecule has 2 fully saturated rings. The van der Waals surface area contributed by atoms with Crippen LogP contribution in [0.4, 0.5) is 4.39 Å². The normalized spacial score (nSPS) is 19.6. The number of ketones is 1. The number of fused-ring (bicyclic) bond motifs is 1. The van der Waals surface area contributed by atoms with Gasteiger partial charge in [-0.05, 0) is 87.3 Å². The molecule has 0 N–H and O–H groups in total. The summed E-state index contributed by atoms with van der Waals surface area (Å²) in [5, 5.41) is 10.2. The van der Waals surface area contributed by atoms with Crippen LogP contribution in [-0.2, 0) is 18.3 Å². The predicted molar refractivity (Wildman–Crippen MR) is 144 cm³/mol. The second kappa shape index (κ2) is 9.98. The van der Waals surface area contributed by atoms with Gasteiger partial charge >= 0.3 is 0 Å². The molecule has 1 amide bonds. The molecule has 0 bridgehead atoms. The van der Waals surface area contributed by atoms with Crippen LogP contribution in [0.3, 0.4) is 0 Å². The molecule has 1 aliphatic heterocycles. The number of aromatic nitrogens is 2. The van der Waals surface area contributed by atoms with Gasteiger partial charge in [0, 0.05) is 54.8 Å². The number of hydrogen-bond acceptors (Lipinski definition) is 4. The van der Waals surface area contributed by atoms with Crippen molar-refractivity contribution < 1.29 is 14.0 Å². The quantitative estimate of drug-likeness (QED) is 0.392. The number of pyridine rings is 1. The zero-order valence-electron chi connectivity index (χ0n) is 22.7. The first-order valence-electron chi connectivity index (χ1n) is 13.6. The van der Waals surface area contributed by atoms with Gasteiger partial charge in [-0.15, -0.1) is 0 Å². The Hall–Kier alpha value is -3.53. The average Bonchev–Trinajstić information content (AvgIpc) is 3.54. The van der Waals surface area contributed by atoms with Gasteiger partial charge in [0.15, 0.2) is 5.78 Å². The molecule has 1 atom stereocenters. The maximum atomic E-state index is 13.8. The molecule has 0 radical (unpaired) electrons. The Bertz CT molecular complexity index is 1460. The van der Waals surface area contributed by atoms with E-state index in [4.69, 9.17) is 10.2 Å². The summed E-state index contributed by atoms with van der Waals surface area (Å²) in [7, 11) is 1.99. The third kappa shape index (κ3) is 4.62. The Kier molecular flexibility index (Phi) is 6.85. The number of likely N-dealkylation sites (tertiary alicyclic amines) is 1. The van der Waals surface area contributed by atoms with Gasteiger partial charge < -0.3 is 9.47 Å². The summed E-state index contributed by atoms with van der Waals surface area (Å²) in [6.07, 6.45) is 10.1. The number of carbonyl (C=O) groups excluding carboxylic acids is 2. The fourth-order valence-electron chi connectivity index (χ4n) is 6.59. The smallest absolute Gasteiger partial charge is 0.226 e. The van der Waals surface area contributed by atoms with Crippen molar-refractivity contribution in [3.8, 4) is 6.07 Å². The van der Waals surface area contributed by atoms with E-state index in [-0.39, 0.29) is 35.1 Å². The number of amides is 1. The summed E-state index contributed by atoms with van der Waals surface area (Å²) in [4.78, 5) is 33.2. The lowest BCUT2D eigenvalue weighted by molar-refractivity contribution is -0.143. The zero-order valence-corrected chi connectivity index (χ0v) is 22.7. The highest BCUT2D eigenvalue weighted by Gasteiger charge is 2.41. The van der Waals surface area contributed by atoms with Crippen molar-refractivity contribution in [3.05, 3.63) is 64.2 Å². The topological polar surface area (TPSA) is 79.0 Å². The lowest BCUT2D eigenvalue weighted by Crippen LogP contribution is -2.53. The Morgan fingerprint density at radius 2 is 1.95 bits per heavy atom. The SMILES string of the molecule is Cc1c(CC(=O)c2ccc(F)c(C#N)c2)cnc2c1c([C@@H]1CCN(C(=O)C3CCCC3)C(C)(C)C1)cn2C. The van der Waals surface area contributed by atoms with Gasteiger partial charge in [-0.2, -0.15) is 5.26 Å². The number of nitriles is 1. The van der Waals surface area contributed by atoms with Crippen molar-refractivity contribution in [1.82, 2.24) is 14.5 Å². The van der Waals surface area contributed by atoms with Crippen LogP contribution in [-0.4, -0.2) is 38.2 Å². The molecule has 0 unspecified atom stereocenters. The molecule has 2 aromatic heterocycles.